The minimum atomic E-state index is -0.540. The molecule has 0 radical (unpaired) electrons. The van der Waals surface area contributed by atoms with Crippen LogP contribution in [0.1, 0.15) is 35.6 Å². The fourth-order valence-electron chi connectivity index (χ4n) is 1.82. The molecule has 1 aromatic heterocycles. The van der Waals surface area contributed by atoms with E-state index in [1.165, 1.54) is 0 Å². The molecule has 0 N–H and O–H groups in total. The molecule has 22 heavy (non-hydrogen) atoms. The summed E-state index contributed by atoms with van der Waals surface area (Å²) in [5, 5.41) is 0. The predicted molar refractivity (Wildman–Crippen MR) is 85.8 cm³/mol. The van der Waals surface area contributed by atoms with Crippen molar-refractivity contribution in [3.8, 4) is 5.88 Å². The fraction of sp³-hybridized carbons (Fsp3) is 0.312. The van der Waals surface area contributed by atoms with Crippen molar-refractivity contribution in [3.05, 3.63) is 51.9 Å². The highest BCUT2D eigenvalue weighted by Gasteiger charge is 2.20. The van der Waals surface area contributed by atoms with Gasteiger partial charge in [-0.1, -0.05) is 37.3 Å². The average Bonchev–Trinajstić information content (AvgIpc) is 2.54. The van der Waals surface area contributed by atoms with Crippen LogP contribution in [0.2, 0.25) is 0 Å². The molecular weight excluding hydrogens is 348 g/mol. The normalized spacial score (nSPS) is 10.3. The van der Waals surface area contributed by atoms with Crippen molar-refractivity contribution in [3.63, 3.8) is 0 Å². The molecule has 6 heteroatoms. The van der Waals surface area contributed by atoms with Gasteiger partial charge in [0.05, 0.1) is 12.3 Å². The number of hydrogen-bond donors (Lipinski definition) is 0. The lowest BCUT2D eigenvalue weighted by Gasteiger charge is -2.11. The molecule has 5 nitrogen and oxygen atoms in total. The first kappa shape index (κ1) is 16.4. The summed E-state index contributed by atoms with van der Waals surface area (Å²) < 4.78 is 11.2. The molecule has 0 atom stereocenters. The first-order valence-corrected chi connectivity index (χ1v) is 7.85. The molecule has 1 aromatic carbocycles. The highest BCUT2D eigenvalue weighted by Crippen LogP contribution is 2.22. The molecule has 0 unspecified atom stereocenters. The number of hydrogen-bond acceptors (Lipinski definition) is 5. The van der Waals surface area contributed by atoms with Gasteiger partial charge in [-0.05, 0) is 34.8 Å². The standard InChI is InChI=1S/C16H17BrN2O3/c1-3-12-14(17)19-13(16(20)21-4-2)15(18-12)22-10-11-8-6-5-7-9-11/h5-9H,3-4,10H2,1-2H3. The van der Waals surface area contributed by atoms with Crippen molar-refractivity contribution in [2.24, 2.45) is 0 Å². The Kier molecular flexibility index (Phi) is 5.89. The van der Waals surface area contributed by atoms with Crippen molar-refractivity contribution < 1.29 is 14.3 Å². The number of benzene rings is 1. The van der Waals surface area contributed by atoms with Crippen LogP contribution in [0.15, 0.2) is 34.9 Å². The fourth-order valence-corrected chi connectivity index (χ4v) is 2.36. The minimum absolute atomic E-state index is 0.0851. The molecule has 2 rings (SSSR count). The van der Waals surface area contributed by atoms with Gasteiger partial charge < -0.3 is 9.47 Å². The number of carbonyl (C=O) groups is 1. The van der Waals surface area contributed by atoms with Gasteiger partial charge in [0.15, 0.2) is 0 Å². The van der Waals surface area contributed by atoms with E-state index in [4.69, 9.17) is 9.47 Å². The number of esters is 1. The van der Waals surface area contributed by atoms with E-state index < -0.39 is 5.97 Å². The zero-order valence-electron chi connectivity index (χ0n) is 12.5. The molecule has 0 aliphatic heterocycles. The molecule has 1 heterocycles. The second-order valence-electron chi connectivity index (χ2n) is 4.46. The molecule has 2 aromatic rings. The lowest BCUT2D eigenvalue weighted by atomic mass is 10.2. The Labute approximate surface area is 137 Å². The number of ether oxygens (including phenoxy) is 2. The summed E-state index contributed by atoms with van der Waals surface area (Å²) in [6.45, 7) is 4.28. The van der Waals surface area contributed by atoms with Crippen molar-refractivity contribution in [1.82, 2.24) is 9.97 Å². The Bertz CT molecular complexity index is 647. The Morgan fingerprint density at radius 2 is 1.91 bits per heavy atom. The van der Waals surface area contributed by atoms with Gasteiger partial charge >= 0.3 is 5.97 Å². The van der Waals surface area contributed by atoms with Crippen LogP contribution in [-0.4, -0.2) is 22.5 Å². The zero-order chi connectivity index (χ0) is 15.9. The van der Waals surface area contributed by atoms with Gasteiger partial charge in [0.2, 0.25) is 11.6 Å². The molecule has 0 saturated carbocycles. The second-order valence-corrected chi connectivity index (χ2v) is 5.21. The third-order valence-electron chi connectivity index (χ3n) is 2.91. The van der Waals surface area contributed by atoms with Crippen molar-refractivity contribution in [2.45, 2.75) is 26.9 Å². The van der Waals surface area contributed by atoms with E-state index in [9.17, 15) is 4.79 Å². The smallest absolute Gasteiger partial charge is 0.362 e. The van der Waals surface area contributed by atoms with Crippen molar-refractivity contribution >= 4 is 21.9 Å². The Morgan fingerprint density at radius 3 is 2.55 bits per heavy atom. The minimum Gasteiger partial charge on any atom is -0.471 e. The Morgan fingerprint density at radius 1 is 1.18 bits per heavy atom. The number of nitrogens with zero attached hydrogens (tertiary/aromatic N) is 2. The molecule has 116 valence electrons. The third-order valence-corrected chi connectivity index (χ3v) is 3.54. The Hall–Kier alpha value is -1.95. The maximum absolute atomic E-state index is 12.0. The maximum atomic E-state index is 12.0. The van der Waals surface area contributed by atoms with Crippen LogP contribution in [-0.2, 0) is 17.8 Å². The lowest BCUT2D eigenvalue weighted by Crippen LogP contribution is -2.13. The monoisotopic (exact) mass is 364 g/mol. The summed E-state index contributed by atoms with van der Waals surface area (Å²) in [6, 6.07) is 9.67. The van der Waals surface area contributed by atoms with Gasteiger partial charge in [-0.15, -0.1) is 0 Å². The highest BCUT2D eigenvalue weighted by atomic mass is 79.9. The lowest BCUT2D eigenvalue weighted by molar-refractivity contribution is 0.0512. The first-order chi connectivity index (χ1) is 10.7. The molecule has 0 aliphatic carbocycles. The van der Waals surface area contributed by atoms with E-state index in [1.807, 2.05) is 37.3 Å². The van der Waals surface area contributed by atoms with E-state index in [1.54, 1.807) is 6.92 Å². The highest BCUT2D eigenvalue weighted by molar-refractivity contribution is 9.10. The molecule has 0 fully saturated rings. The summed E-state index contributed by atoms with van der Waals surface area (Å²) in [5.41, 5.74) is 1.80. The summed E-state index contributed by atoms with van der Waals surface area (Å²) in [7, 11) is 0. The summed E-state index contributed by atoms with van der Waals surface area (Å²) >= 11 is 3.32. The number of halogens is 1. The van der Waals surface area contributed by atoms with Gasteiger partial charge in [0, 0.05) is 0 Å². The van der Waals surface area contributed by atoms with E-state index in [0.29, 0.717) is 17.6 Å². The van der Waals surface area contributed by atoms with Crippen LogP contribution < -0.4 is 4.74 Å². The number of aromatic nitrogens is 2. The molecule has 0 saturated heterocycles. The van der Waals surface area contributed by atoms with Gasteiger partial charge in [-0.2, -0.15) is 0 Å². The SMILES string of the molecule is CCOC(=O)c1nc(Br)c(CC)nc1OCc1ccccc1. The van der Waals surface area contributed by atoms with Gasteiger partial charge in [0.1, 0.15) is 11.2 Å². The molecule has 0 amide bonds. The first-order valence-electron chi connectivity index (χ1n) is 7.06. The van der Waals surface area contributed by atoms with Crippen LogP contribution in [0.25, 0.3) is 0 Å². The van der Waals surface area contributed by atoms with Gasteiger partial charge in [0.25, 0.3) is 0 Å². The van der Waals surface area contributed by atoms with Gasteiger partial charge in [-0.3, -0.25) is 0 Å². The summed E-state index contributed by atoms with van der Waals surface area (Å²) in [5.74, 6) is -0.344. The van der Waals surface area contributed by atoms with Crippen LogP contribution in [0, 0.1) is 0 Å². The van der Waals surface area contributed by atoms with Crippen molar-refractivity contribution in [2.75, 3.05) is 6.61 Å². The molecule has 0 bridgehead atoms. The number of carbonyl (C=O) groups excluding carboxylic acids is 1. The van der Waals surface area contributed by atoms with Crippen LogP contribution >= 0.6 is 15.9 Å². The van der Waals surface area contributed by atoms with Gasteiger partial charge in [-0.25, -0.2) is 14.8 Å². The molecule has 0 spiro atoms. The van der Waals surface area contributed by atoms with E-state index in [2.05, 4.69) is 25.9 Å². The van der Waals surface area contributed by atoms with Crippen LogP contribution in [0.5, 0.6) is 5.88 Å². The largest absolute Gasteiger partial charge is 0.471 e. The van der Waals surface area contributed by atoms with Crippen LogP contribution in [0.3, 0.4) is 0 Å². The quantitative estimate of drug-likeness (QED) is 0.733. The number of aryl methyl sites for hydroxylation is 1. The predicted octanol–water partition coefficient (Wildman–Crippen LogP) is 3.56. The van der Waals surface area contributed by atoms with Crippen LogP contribution in [0.4, 0.5) is 0 Å². The Balaban J connectivity index is 2.28. The van der Waals surface area contributed by atoms with E-state index in [-0.39, 0.29) is 18.2 Å². The van der Waals surface area contributed by atoms with E-state index >= 15 is 0 Å². The number of rotatable bonds is 6. The summed E-state index contributed by atoms with van der Waals surface area (Å²) in [6.07, 6.45) is 0.679. The average molecular weight is 365 g/mol. The third kappa shape index (κ3) is 4.04. The maximum Gasteiger partial charge on any atom is 0.362 e. The van der Waals surface area contributed by atoms with E-state index in [0.717, 1.165) is 11.3 Å². The summed E-state index contributed by atoms with van der Waals surface area (Å²) in [4.78, 5) is 20.6. The van der Waals surface area contributed by atoms with Crippen molar-refractivity contribution in [1.29, 1.82) is 0 Å². The molecular formula is C16H17BrN2O3. The zero-order valence-corrected chi connectivity index (χ0v) is 14.1. The second kappa shape index (κ2) is 7.89. The molecule has 0 aliphatic rings. The topological polar surface area (TPSA) is 61.3 Å².